The zero-order chi connectivity index (χ0) is 19.3. The first-order valence-electron chi connectivity index (χ1n) is 9.14. The number of para-hydroxylation sites is 1. The van der Waals surface area contributed by atoms with Crippen LogP contribution in [0.3, 0.4) is 0 Å². The largest absolute Gasteiger partial charge is 0.361 e. The minimum Gasteiger partial charge on any atom is -0.361 e. The molecule has 5 rings (SSSR count). The Morgan fingerprint density at radius 2 is 1.39 bits per heavy atom. The number of aromatic nitrogens is 1. The minimum absolute atomic E-state index is 0.120. The number of halogens is 1. The van der Waals surface area contributed by atoms with Gasteiger partial charge in [-0.05, 0) is 29.3 Å². The Kier molecular flexibility index (Phi) is 3.92. The molecule has 0 saturated carbocycles. The third-order valence-electron chi connectivity index (χ3n) is 5.54. The molecule has 1 aliphatic rings. The van der Waals surface area contributed by atoms with Crippen molar-refractivity contribution < 1.29 is 9.59 Å². The Morgan fingerprint density at radius 3 is 2.07 bits per heavy atom. The molecule has 0 bridgehead atoms. The monoisotopic (exact) mass is 385 g/mol. The highest BCUT2D eigenvalue weighted by atomic mass is 35.5. The van der Waals surface area contributed by atoms with Crippen LogP contribution in [0.25, 0.3) is 10.9 Å². The number of carbonyl (C=O) groups is 2. The molecule has 3 nitrogen and oxygen atoms in total. The zero-order valence-electron chi connectivity index (χ0n) is 14.9. The van der Waals surface area contributed by atoms with Crippen molar-refractivity contribution in [3.05, 3.63) is 106 Å². The Morgan fingerprint density at radius 1 is 0.786 bits per heavy atom. The lowest BCUT2D eigenvalue weighted by molar-refractivity contribution is 0.0825. The molecule has 0 spiro atoms. The summed E-state index contributed by atoms with van der Waals surface area (Å²) in [5.41, 5.74) is 3.84. The van der Waals surface area contributed by atoms with Crippen LogP contribution in [0.5, 0.6) is 0 Å². The minimum atomic E-state index is -0.780. The van der Waals surface area contributed by atoms with Gasteiger partial charge >= 0.3 is 0 Å². The summed E-state index contributed by atoms with van der Waals surface area (Å²) in [6, 6.07) is 22.4. The van der Waals surface area contributed by atoms with Gasteiger partial charge in [0.1, 0.15) is 0 Å². The van der Waals surface area contributed by atoms with E-state index in [1.54, 1.807) is 36.4 Å². The summed E-state index contributed by atoms with van der Waals surface area (Å²) in [4.78, 5) is 29.8. The molecule has 4 heteroatoms. The summed E-state index contributed by atoms with van der Waals surface area (Å²) in [5, 5.41) is 1.63. The second-order valence-corrected chi connectivity index (χ2v) is 7.51. The summed E-state index contributed by atoms with van der Waals surface area (Å²) < 4.78 is 0. The Hall–Kier alpha value is -3.17. The highest BCUT2D eigenvalue weighted by molar-refractivity contribution is 6.30. The SMILES string of the molecule is O=C1c2ccccc2C(=O)C1C(c1ccc(Cl)cc1)c1c[nH]c2ccccc12. The molecule has 1 aromatic heterocycles. The van der Waals surface area contributed by atoms with Gasteiger partial charge in [0.25, 0.3) is 0 Å². The van der Waals surface area contributed by atoms with Crippen LogP contribution in [0.2, 0.25) is 5.02 Å². The van der Waals surface area contributed by atoms with Gasteiger partial charge in [0.15, 0.2) is 11.6 Å². The van der Waals surface area contributed by atoms with Crippen LogP contribution in [0, 0.1) is 5.92 Å². The van der Waals surface area contributed by atoms with Crippen LogP contribution in [0.4, 0.5) is 0 Å². The van der Waals surface area contributed by atoms with Crippen LogP contribution >= 0.6 is 11.6 Å². The van der Waals surface area contributed by atoms with Gasteiger partial charge in [-0.15, -0.1) is 0 Å². The maximum Gasteiger partial charge on any atom is 0.175 e. The van der Waals surface area contributed by atoms with Crippen LogP contribution < -0.4 is 0 Å². The van der Waals surface area contributed by atoms with Crippen molar-refractivity contribution in [3.63, 3.8) is 0 Å². The molecule has 1 aliphatic carbocycles. The molecular weight excluding hydrogens is 370 g/mol. The van der Waals surface area contributed by atoms with Crippen LogP contribution in [-0.4, -0.2) is 16.6 Å². The first kappa shape index (κ1) is 17.0. The van der Waals surface area contributed by atoms with Gasteiger partial charge in [-0.25, -0.2) is 0 Å². The lowest BCUT2D eigenvalue weighted by atomic mass is 9.78. The molecular formula is C24H16ClNO2. The molecule has 3 aromatic carbocycles. The fourth-order valence-corrected chi connectivity index (χ4v) is 4.37. The quantitative estimate of drug-likeness (QED) is 0.463. The van der Waals surface area contributed by atoms with Crippen LogP contribution in [0.1, 0.15) is 37.8 Å². The van der Waals surface area contributed by atoms with E-state index in [-0.39, 0.29) is 17.5 Å². The van der Waals surface area contributed by atoms with Crippen molar-refractivity contribution in [2.75, 3.05) is 0 Å². The summed E-state index contributed by atoms with van der Waals surface area (Å²) in [6.07, 6.45) is 1.91. The van der Waals surface area contributed by atoms with Gasteiger partial charge in [0.05, 0.1) is 5.92 Å². The smallest absolute Gasteiger partial charge is 0.175 e. The van der Waals surface area contributed by atoms with Crippen molar-refractivity contribution in [3.8, 4) is 0 Å². The topological polar surface area (TPSA) is 49.9 Å². The van der Waals surface area contributed by atoms with Crippen LogP contribution in [-0.2, 0) is 0 Å². The lowest BCUT2D eigenvalue weighted by Gasteiger charge is -2.22. The van der Waals surface area contributed by atoms with Gasteiger partial charge in [-0.3, -0.25) is 9.59 Å². The molecule has 136 valence electrons. The standard InChI is InChI=1S/C24H16ClNO2/c25-15-11-9-14(10-12-15)21(19-13-26-20-8-4-3-5-16(19)20)22-23(27)17-6-1-2-7-18(17)24(22)28/h1-13,21-22,26H. The number of ketones is 2. The molecule has 4 aromatic rings. The summed E-state index contributed by atoms with van der Waals surface area (Å²) in [5.74, 6) is -1.41. The molecule has 1 unspecified atom stereocenters. The highest BCUT2D eigenvalue weighted by Gasteiger charge is 2.44. The summed E-state index contributed by atoms with van der Waals surface area (Å²) in [7, 11) is 0. The summed E-state index contributed by atoms with van der Waals surface area (Å²) in [6.45, 7) is 0. The first-order chi connectivity index (χ1) is 13.6. The lowest BCUT2D eigenvalue weighted by Crippen LogP contribution is -2.24. The molecule has 1 atom stereocenters. The van der Waals surface area contributed by atoms with Gasteiger partial charge in [-0.2, -0.15) is 0 Å². The molecule has 1 heterocycles. The maximum atomic E-state index is 13.3. The number of nitrogens with one attached hydrogen (secondary N) is 1. The number of hydrogen-bond acceptors (Lipinski definition) is 2. The number of hydrogen-bond donors (Lipinski definition) is 1. The fourth-order valence-electron chi connectivity index (χ4n) is 4.24. The maximum absolute atomic E-state index is 13.3. The number of H-pyrrole nitrogens is 1. The van der Waals surface area contributed by atoms with Crippen LogP contribution in [0.15, 0.2) is 79.0 Å². The predicted octanol–water partition coefficient (Wildman–Crippen LogP) is 5.65. The van der Waals surface area contributed by atoms with E-state index < -0.39 is 5.92 Å². The number of fused-ring (bicyclic) bond motifs is 2. The van der Waals surface area contributed by atoms with E-state index in [0.717, 1.165) is 22.0 Å². The third-order valence-corrected chi connectivity index (χ3v) is 5.79. The summed E-state index contributed by atoms with van der Waals surface area (Å²) >= 11 is 6.09. The number of rotatable bonds is 3. The first-order valence-corrected chi connectivity index (χ1v) is 9.52. The third kappa shape index (κ3) is 2.51. The van der Waals surface area contributed by atoms with E-state index >= 15 is 0 Å². The fraction of sp³-hybridized carbons (Fsp3) is 0.0833. The predicted molar refractivity (Wildman–Crippen MR) is 110 cm³/mol. The highest BCUT2D eigenvalue weighted by Crippen LogP contribution is 2.43. The Bertz CT molecular complexity index is 1190. The van der Waals surface area contributed by atoms with Crippen molar-refractivity contribution in [1.29, 1.82) is 0 Å². The molecule has 0 fully saturated rings. The van der Waals surface area contributed by atoms with Crippen molar-refractivity contribution in [2.24, 2.45) is 5.92 Å². The molecule has 0 radical (unpaired) electrons. The van der Waals surface area contributed by atoms with E-state index in [1.165, 1.54) is 0 Å². The molecule has 0 saturated heterocycles. The van der Waals surface area contributed by atoms with Gasteiger partial charge in [-0.1, -0.05) is 66.2 Å². The van der Waals surface area contributed by atoms with Gasteiger partial charge < -0.3 is 4.98 Å². The van der Waals surface area contributed by atoms with Crippen molar-refractivity contribution >= 4 is 34.1 Å². The number of carbonyl (C=O) groups excluding carboxylic acids is 2. The Labute approximate surface area is 167 Å². The van der Waals surface area contributed by atoms with E-state index in [1.807, 2.05) is 42.6 Å². The average molecular weight is 386 g/mol. The van der Waals surface area contributed by atoms with E-state index in [2.05, 4.69) is 4.98 Å². The van der Waals surface area contributed by atoms with Crippen molar-refractivity contribution in [2.45, 2.75) is 5.92 Å². The number of Topliss-reactive ketones (excluding diaryl/α,β-unsaturated/α-hetero) is 2. The Balaban J connectivity index is 1.73. The van der Waals surface area contributed by atoms with Gasteiger partial charge in [0, 0.05) is 39.2 Å². The number of aromatic amines is 1. The molecule has 1 N–H and O–H groups in total. The van der Waals surface area contributed by atoms with E-state index in [9.17, 15) is 9.59 Å². The van der Waals surface area contributed by atoms with Crippen molar-refractivity contribution in [1.82, 2.24) is 4.98 Å². The normalized spacial score (nSPS) is 15.2. The second kappa shape index (κ2) is 6.47. The molecule has 0 amide bonds. The van der Waals surface area contributed by atoms with E-state index in [4.69, 9.17) is 11.6 Å². The molecule has 28 heavy (non-hydrogen) atoms. The second-order valence-electron chi connectivity index (χ2n) is 7.07. The zero-order valence-corrected chi connectivity index (χ0v) is 15.6. The molecule has 0 aliphatic heterocycles. The number of benzene rings is 3. The van der Waals surface area contributed by atoms with E-state index in [0.29, 0.717) is 16.1 Å². The van der Waals surface area contributed by atoms with Gasteiger partial charge in [0.2, 0.25) is 0 Å². The average Bonchev–Trinajstić information content (AvgIpc) is 3.25.